The number of anilines is 2. The molecule has 2 saturated heterocycles. The number of nitrogens with zero attached hydrogens (tertiary/aromatic N) is 2. The van der Waals surface area contributed by atoms with Crippen molar-refractivity contribution in [2.24, 2.45) is 5.92 Å². The van der Waals surface area contributed by atoms with Gasteiger partial charge in [-0.2, -0.15) is 0 Å². The standard InChI is InChI=1S/C28H35N5O6/c1-18-5-3-4-6-22(18)30-27(37)31-23-8-7-19(15-24(23)39-2)16-25(34)33(21-9-12-29-17-21)28(38)32-13-10-20(11-14-32)26(35)36/h3-8,15,20-21,29H,9-14,16-17H2,1-2H3,(H,35,36)(H2,30,31,37). The number of urea groups is 2. The largest absolute Gasteiger partial charge is 0.495 e. The van der Waals surface area contributed by atoms with Gasteiger partial charge in [-0.25, -0.2) is 9.59 Å². The molecule has 2 fully saturated rings. The van der Waals surface area contributed by atoms with E-state index in [1.54, 1.807) is 23.1 Å². The van der Waals surface area contributed by atoms with Crippen LogP contribution in [-0.4, -0.2) is 78.2 Å². The van der Waals surface area contributed by atoms with Crippen LogP contribution in [0.2, 0.25) is 0 Å². The summed E-state index contributed by atoms with van der Waals surface area (Å²) in [6.07, 6.45) is 1.37. The lowest BCUT2D eigenvalue weighted by molar-refractivity contribution is -0.143. The van der Waals surface area contributed by atoms with Crippen LogP contribution >= 0.6 is 0 Å². The van der Waals surface area contributed by atoms with E-state index >= 15 is 0 Å². The Morgan fingerprint density at radius 2 is 1.77 bits per heavy atom. The van der Waals surface area contributed by atoms with Crippen molar-refractivity contribution < 1.29 is 29.0 Å². The Morgan fingerprint density at radius 1 is 1.05 bits per heavy atom. The van der Waals surface area contributed by atoms with E-state index in [9.17, 15) is 24.3 Å². The smallest absolute Gasteiger partial charge is 0.327 e. The zero-order chi connectivity index (χ0) is 27.9. The fourth-order valence-electron chi connectivity index (χ4n) is 4.99. The number of benzene rings is 2. The van der Waals surface area contributed by atoms with Crippen LogP contribution in [0.15, 0.2) is 42.5 Å². The first-order valence-electron chi connectivity index (χ1n) is 13.1. The predicted octanol–water partition coefficient (Wildman–Crippen LogP) is 3.30. The maximum absolute atomic E-state index is 13.5. The minimum atomic E-state index is -0.852. The van der Waals surface area contributed by atoms with Crippen LogP contribution in [0.25, 0.3) is 0 Å². The van der Waals surface area contributed by atoms with Crippen molar-refractivity contribution in [3.63, 3.8) is 0 Å². The summed E-state index contributed by atoms with van der Waals surface area (Å²) in [5.41, 5.74) is 2.69. The Bertz CT molecular complexity index is 1220. The van der Waals surface area contributed by atoms with Crippen LogP contribution in [0.3, 0.4) is 0 Å². The number of ether oxygens (including phenoxy) is 1. The number of nitrogens with one attached hydrogen (secondary N) is 3. The van der Waals surface area contributed by atoms with E-state index in [2.05, 4.69) is 16.0 Å². The SMILES string of the molecule is COc1cc(CC(=O)N(C(=O)N2CCC(C(=O)O)CC2)C2CCNC2)ccc1NC(=O)Nc1ccccc1C. The van der Waals surface area contributed by atoms with Crippen LogP contribution in [0.5, 0.6) is 5.75 Å². The fraction of sp³-hybridized carbons (Fsp3) is 0.429. The molecule has 4 rings (SSSR count). The molecule has 1 atom stereocenters. The molecule has 39 heavy (non-hydrogen) atoms. The van der Waals surface area contributed by atoms with E-state index in [0.717, 1.165) is 5.56 Å². The Labute approximate surface area is 227 Å². The van der Waals surface area contributed by atoms with Crippen LogP contribution in [-0.2, 0) is 16.0 Å². The second kappa shape index (κ2) is 12.6. The lowest BCUT2D eigenvalue weighted by Gasteiger charge is -2.36. The third kappa shape index (κ3) is 6.85. The topological polar surface area (TPSA) is 140 Å². The maximum Gasteiger partial charge on any atom is 0.327 e. The summed E-state index contributed by atoms with van der Waals surface area (Å²) in [7, 11) is 1.48. The van der Waals surface area contributed by atoms with Gasteiger partial charge in [0.1, 0.15) is 5.75 Å². The highest BCUT2D eigenvalue weighted by Gasteiger charge is 2.36. The molecule has 5 amide bonds. The number of amides is 5. The molecule has 2 heterocycles. The van der Waals surface area contributed by atoms with E-state index in [1.165, 1.54) is 12.0 Å². The molecule has 2 aliphatic heterocycles. The number of carbonyl (C=O) groups is 4. The molecule has 11 heteroatoms. The molecule has 0 aliphatic carbocycles. The average Bonchev–Trinajstić information content (AvgIpc) is 3.45. The van der Waals surface area contributed by atoms with Gasteiger partial charge in [-0.05, 0) is 62.1 Å². The summed E-state index contributed by atoms with van der Waals surface area (Å²) in [6, 6.07) is 11.4. The first kappa shape index (κ1) is 27.9. The van der Waals surface area contributed by atoms with Crippen LogP contribution in [0.1, 0.15) is 30.4 Å². The number of aryl methyl sites for hydroxylation is 1. The molecule has 0 spiro atoms. The number of carboxylic acids is 1. The van der Waals surface area contributed by atoms with Gasteiger partial charge in [0.25, 0.3) is 0 Å². The summed E-state index contributed by atoms with van der Waals surface area (Å²) in [4.78, 5) is 53.7. The number of piperidine rings is 1. The molecular weight excluding hydrogens is 502 g/mol. The molecule has 4 N–H and O–H groups in total. The minimum Gasteiger partial charge on any atom is -0.495 e. The molecule has 1 unspecified atom stereocenters. The molecule has 11 nitrogen and oxygen atoms in total. The first-order valence-corrected chi connectivity index (χ1v) is 13.1. The number of rotatable bonds is 7. The number of carbonyl (C=O) groups excluding carboxylic acids is 3. The Balaban J connectivity index is 1.44. The second-order valence-corrected chi connectivity index (χ2v) is 9.90. The van der Waals surface area contributed by atoms with Crippen LogP contribution in [0.4, 0.5) is 21.0 Å². The van der Waals surface area contributed by atoms with Crippen molar-refractivity contribution in [2.45, 2.75) is 38.6 Å². The molecule has 208 valence electrons. The third-order valence-corrected chi connectivity index (χ3v) is 7.25. The Hall–Kier alpha value is -4.12. The monoisotopic (exact) mass is 537 g/mol. The molecule has 0 aromatic heterocycles. The molecule has 0 bridgehead atoms. The lowest BCUT2D eigenvalue weighted by atomic mass is 9.97. The molecule has 0 radical (unpaired) electrons. The average molecular weight is 538 g/mol. The van der Waals surface area contributed by atoms with E-state index in [4.69, 9.17) is 4.74 Å². The summed E-state index contributed by atoms with van der Waals surface area (Å²) in [5, 5.41) is 18.1. The number of imide groups is 1. The van der Waals surface area contributed by atoms with E-state index in [-0.39, 0.29) is 24.4 Å². The van der Waals surface area contributed by atoms with Crippen molar-refractivity contribution in [1.82, 2.24) is 15.1 Å². The normalized spacial score (nSPS) is 17.4. The van der Waals surface area contributed by atoms with Gasteiger partial charge in [0.2, 0.25) is 5.91 Å². The minimum absolute atomic E-state index is 0.0279. The number of hydrogen-bond donors (Lipinski definition) is 4. The molecule has 2 aliphatic rings. The van der Waals surface area contributed by atoms with Crippen LogP contribution < -0.4 is 20.7 Å². The Kier molecular flexibility index (Phi) is 9.03. The quantitative estimate of drug-likeness (QED) is 0.425. The lowest BCUT2D eigenvalue weighted by Crippen LogP contribution is -2.54. The number of likely N-dealkylation sites (tertiary alicyclic amines) is 1. The van der Waals surface area contributed by atoms with Gasteiger partial charge in [0.05, 0.1) is 31.2 Å². The highest BCUT2D eigenvalue weighted by Crippen LogP contribution is 2.27. The zero-order valence-corrected chi connectivity index (χ0v) is 22.2. The number of hydrogen-bond acceptors (Lipinski definition) is 6. The van der Waals surface area contributed by atoms with Gasteiger partial charge in [0, 0.05) is 25.3 Å². The Morgan fingerprint density at radius 3 is 2.41 bits per heavy atom. The summed E-state index contributed by atoms with van der Waals surface area (Å²) in [6.45, 7) is 3.74. The molecule has 2 aromatic rings. The van der Waals surface area contributed by atoms with Crippen molar-refractivity contribution >= 4 is 35.3 Å². The first-order chi connectivity index (χ1) is 18.8. The van der Waals surface area contributed by atoms with Crippen molar-refractivity contribution in [1.29, 1.82) is 0 Å². The van der Waals surface area contributed by atoms with Crippen LogP contribution in [0, 0.1) is 12.8 Å². The van der Waals surface area contributed by atoms with E-state index in [1.807, 2.05) is 31.2 Å². The number of methoxy groups -OCH3 is 1. The highest BCUT2D eigenvalue weighted by atomic mass is 16.5. The predicted molar refractivity (Wildman–Crippen MR) is 146 cm³/mol. The zero-order valence-electron chi connectivity index (χ0n) is 22.2. The maximum atomic E-state index is 13.5. The highest BCUT2D eigenvalue weighted by molar-refractivity contribution is 6.01. The third-order valence-electron chi connectivity index (χ3n) is 7.25. The van der Waals surface area contributed by atoms with E-state index in [0.29, 0.717) is 68.1 Å². The summed E-state index contributed by atoms with van der Waals surface area (Å²) < 4.78 is 5.47. The van der Waals surface area contributed by atoms with E-state index < -0.39 is 17.9 Å². The van der Waals surface area contributed by atoms with Crippen molar-refractivity contribution in [2.75, 3.05) is 43.9 Å². The molecule has 2 aromatic carbocycles. The van der Waals surface area contributed by atoms with Gasteiger partial charge in [0.15, 0.2) is 0 Å². The summed E-state index contributed by atoms with van der Waals surface area (Å²) >= 11 is 0. The number of aliphatic carboxylic acids is 1. The summed E-state index contributed by atoms with van der Waals surface area (Å²) in [5.74, 6) is -1.27. The van der Waals surface area contributed by atoms with Gasteiger partial charge < -0.3 is 30.7 Å². The molecular formula is C28H35N5O6. The van der Waals surface area contributed by atoms with Crippen molar-refractivity contribution in [3.8, 4) is 5.75 Å². The van der Waals surface area contributed by atoms with Gasteiger partial charge in [-0.15, -0.1) is 0 Å². The molecule has 0 saturated carbocycles. The number of carboxylic acid groups (broad SMARTS) is 1. The number of para-hydroxylation sites is 1. The van der Waals surface area contributed by atoms with Crippen molar-refractivity contribution in [3.05, 3.63) is 53.6 Å². The van der Waals surface area contributed by atoms with Gasteiger partial charge in [-0.1, -0.05) is 24.3 Å². The fourth-order valence-corrected chi connectivity index (χ4v) is 4.99. The van der Waals surface area contributed by atoms with Gasteiger partial charge in [-0.3, -0.25) is 14.5 Å². The second-order valence-electron chi connectivity index (χ2n) is 9.90. The van der Waals surface area contributed by atoms with Gasteiger partial charge >= 0.3 is 18.0 Å².